The molecule has 0 fully saturated rings. The second-order valence-electron chi connectivity index (χ2n) is 3.84. The van der Waals surface area contributed by atoms with E-state index >= 15 is 0 Å². The lowest BCUT2D eigenvalue weighted by Crippen LogP contribution is -2.18. The van der Waals surface area contributed by atoms with Crippen molar-refractivity contribution in [2.45, 2.75) is 26.8 Å². The molecule has 0 saturated carbocycles. The first kappa shape index (κ1) is 13.0. The van der Waals surface area contributed by atoms with E-state index in [1.54, 1.807) is 0 Å². The molecule has 0 radical (unpaired) electrons. The third-order valence-electron chi connectivity index (χ3n) is 2.48. The average molecular weight is 242 g/mol. The van der Waals surface area contributed by atoms with Gasteiger partial charge in [0.2, 0.25) is 0 Å². The number of rotatable bonds is 5. The maximum absolute atomic E-state index is 10.3. The van der Waals surface area contributed by atoms with Crippen molar-refractivity contribution in [1.82, 2.24) is 5.32 Å². The third-order valence-corrected chi connectivity index (χ3v) is 2.70. The number of nitrogens with one attached hydrogen (secondary N) is 1. The van der Waals surface area contributed by atoms with Crippen LogP contribution in [-0.2, 0) is 11.3 Å². The topological polar surface area (TPSA) is 49.3 Å². The Balaban J connectivity index is 2.57. The summed E-state index contributed by atoms with van der Waals surface area (Å²) in [7, 11) is 0. The Bertz CT molecular complexity index is 368. The summed E-state index contributed by atoms with van der Waals surface area (Å²) in [6, 6.07) is 3.84. The van der Waals surface area contributed by atoms with Gasteiger partial charge < -0.3 is 10.4 Å². The predicted molar refractivity (Wildman–Crippen MR) is 64.9 cm³/mol. The van der Waals surface area contributed by atoms with Gasteiger partial charge in [-0.05, 0) is 42.7 Å². The molecule has 1 rings (SSSR count). The fourth-order valence-corrected chi connectivity index (χ4v) is 1.96. The van der Waals surface area contributed by atoms with E-state index in [0.29, 0.717) is 13.1 Å². The summed E-state index contributed by atoms with van der Waals surface area (Å²) < 4.78 is 0. The van der Waals surface area contributed by atoms with E-state index in [9.17, 15) is 4.79 Å². The van der Waals surface area contributed by atoms with Crippen LogP contribution in [0.1, 0.15) is 23.1 Å². The first-order valence-electron chi connectivity index (χ1n) is 5.19. The van der Waals surface area contributed by atoms with Crippen LogP contribution >= 0.6 is 11.6 Å². The summed E-state index contributed by atoms with van der Waals surface area (Å²) in [6.45, 7) is 5.18. The van der Waals surface area contributed by atoms with Crippen molar-refractivity contribution in [3.05, 3.63) is 33.8 Å². The van der Waals surface area contributed by atoms with Gasteiger partial charge in [-0.1, -0.05) is 11.6 Å². The Morgan fingerprint density at radius 2 is 1.94 bits per heavy atom. The van der Waals surface area contributed by atoms with Crippen LogP contribution in [0.5, 0.6) is 0 Å². The molecule has 0 saturated heterocycles. The molecule has 0 amide bonds. The molecule has 0 bridgehead atoms. The van der Waals surface area contributed by atoms with Gasteiger partial charge in [-0.25, -0.2) is 0 Å². The van der Waals surface area contributed by atoms with Crippen molar-refractivity contribution >= 4 is 17.6 Å². The molecule has 0 heterocycles. The fraction of sp³-hybridized carbons (Fsp3) is 0.417. The first-order valence-corrected chi connectivity index (χ1v) is 5.56. The number of benzene rings is 1. The van der Waals surface area contributed by atoms with Gasteiger partial charge in [-0.15, -0.1) is 0 Å². The van der Waals surface area contributed by atoms with Gasteiger partial charge >= 0.3 is 5.97 Å². The smallest absolute Gasteiger partial charge is 0.304 e. The molecule has 16 heavy (non-hydrogen) atoms. The summed E-state index contributed by atoms with van der Waals surface area (Å²) in [5.41, 5.74) is 3.45. The van der Waals surface area contributed by atoms with E-state index in [-0.39, 0.29) is 6.42 Å². The van der Waals surface area contributed by atoms with Crippen molar-refractivity contribution in [2.75, 3.05) is 6.54 Å². The van der Waals surface area contributed by atoms with Crippen molar-refractivity contribution < 1.29 is 9.90 Å². The van der Waals surface area contributed by atoms with Crippen molar-refractivity contribution in [1.29, 1.82) is 0 Å². The third kappa shape index (κ3) is 3.83. The summed E-state index contributed by atoms with van der Waals surface area (Å²) in [5, 5.41) is 12.3. The SMILES string of the molecule is Cc1cc(Cl)cc(C)c1CNCCC(=O)O. The maximum atomic E-state index is 10.3. The molecule has 0 aromatic heterocycles. The van der Waals surface area contributed by atoms with Crippen LogP contribution < -0.4 is 5.32 Å². The van der Waals surface area contributed by atoms with Gasteiger partial charge in [0, 0.05) is 18.1 Å². The zero-order chi connectivity index (χ0) is 12.1. The molecular weight excluding hydrogens is 226 g/mol. The van der Waals surface area contributed by atoms with E-state index in [1.165, 1.54) is 5.56 Å². The Morgan fingerprint density at radius 1 is 1.38 bits per heavy atom. The van der Waals surface area contributed by atoms with Gasteiger partial charge in [0.1, 0.15) is 0 Å². The maximum Gasteiger partial charge on any atom is 0.304 e. The van der Waals surface area contributed by atoms with Crippen LogP contribution in [0.3, 0.4) is 0 Å². The number of carboxylic acids is 1. The highest BCUT2D eigenvalue weighted by Crippen LogP contribution is 2.19. The Labute approximate surface area is 100 Å². The van der Waals surface area contributed by atoms with E-state index in [4.69, 9.17) is 16.7 Å². The zero-order valence-electron chi connectivity index (χ0n) is 9.51. The van der Waals surface area contributed by atoms with Gasteiger partial charge in [0.15, 0.2) is 0 Å². The highest BCUT2D eigenvalue weighted by Gasteiger charge is 2.04. The molecule has 0 aliphatic heterocycles. The van der Waals surface area contributed by atoms with Crippen molar-refractivity contribution in [2.24, 2.45) is 0 Å². The lowest BCUT2D eigenvalue weighted by atomic mass is 10.0. The minimum absolute atomic E-state index is 0.145. The van der Waals surface area contributed by atoms with Crippen LogP contribution in [0, 0.1) is 13.8 Å². The van der Waals surface area contributed by atoms with E-state index in [0.717, 1.165) is 16.1 Å². The largest absolute Gasteiger partial charge is 0.481 e. The van der Waals surface area contributed by atoms with Gasteiger partial charge in [-0.2, -0.15) is 0 Å². The number of halogens is 1. The van der Waals surface area contributed by atoms with Crippen LogP contribution in [0.4, 0.5) is 0 Å². The summed E-state index contributed by atoms with van der Waals surface area (Å²) in [4.78, 5) is 10.3. The molecule has 0 atom stereocenters. The molecule has 3 nitrogen and oxygen atoms in total. The minimum atomic E-state index is -0.781. The predicted octanol–water partition coefficient (Wildman–Crippen LogP) is 2.52. The average Bonchev–Trinajstić information content (AvgIpc) is 2.14. The Morgan fingerprint density at radius 3 is 2.44 bits per heavy atom. The van der Waals surface area contributed by atoms with Crippen LogP contribution in [0.15, 0.2) is 12.1 Å². The highest BCUT2D eigenvalue weighted by atomic mass is 35.5. The van der Waals surface area contributed by atoms with Gasteiger partial charge in [0.25, 0.3) is 0 Å². The molecule has 2 N–H and O–H groups in total. The fourth-order valence-electron chi connectivity index (χ4n) is 1.63. The minimum Gasteiger partial charge on any atom is -0.481 e. The Hall–Kier alpha value is -1.06. The molecular formula is C12H16ClNO2. The quantitative estimate of drug-likeness (QED) is 0.779. The highest BCUT2D eigenvalue weighted by molar-refractivity contribution is 6.30. The zero-order valence-corrected chi connectivity index (χ0v) is 10.3. The lowest BCUT2D eigenvalue weighted by Gasteiger charge is -2.11. The Kier molecular flexibility index (Phi) is 4.77. The number of aliphatic carboxylic acids is 1. The molecule has 0 unspecified atom stereocenters. The molecule has 4 heteroatoms. The van der Waals surface area contributed by atoms with E-state index in [1.807, 2.05) is 26.0 Å². The number of hydrogen-bond donors (Lipinski definition) is 2. The number of carboxylic acid groups (broad SMARTS) is 1. The second-order valence-corrected chi connectivity index (χ2v) is 4.28. The van der Waals surface area contributed by atoms with Gasteiger partial charge in [0.05, 0.1) is 6.42 Å². The monoisotopic (exact) mass is 241 g/mol. The molecule has 1 aromatic rings. The van der Waals surface area contributed by atoms with E-state index < -0.39 is 5.97 Å². The van der Waals surface area contributed by atoms with Crippen molar-refractivity contribution in [3.63, 3.8) is 0 Å². The molecule has 88 valence electrons. The molecule has 0 aliphatic rings. The standard InChI is InChI=1S/C12H16ClNO2/c1-8-5-10(13)6-9(2)11(8)7-14-4-3-12(15)16/h5-6,14H,3-4,7H2,1-2H3,(H,15,16). The first-order chi connectivity index (χ1) is 7.50. The van der Waals surface area contributed by atoms with Crippen LogP contribution in [0.25, 0.3) is 0 Å². The summed E-state index contributed by atoms with van der Waals surface area (Å²) in [6.07, 6.45) is 0.145. The lowest BCUT2D eigenvalue weighted by molar-refractivity contribution is -0.136. The second kappa shape index (κ2) is 5.87. The molecule has 0 aliphatic carbocycles. The van der Waals surface area contributed by atoms with Crippen LogP contribution in [0.2, 0.25) is 5.02 Å². The van der Waals surface area contributed by atoms with Crippen molar-refractivity contribution in [3.8, 4) is 0 Å². The number of carbonyl (C=O) groups is 1. The van der Waals surface area contributed by atoms with Crippen LogP contribution in [-0.4, -0.2) is 17.6 Å². The van der Waals surface area contributed by atoms with E-state index in [2.05, 4.69) is 5.32 Å². The van der Waals surface area contributed by atoms with Gasteiger partial charge in [-0.3, -0.25) is 4.79 Å². The summed E-state index contributed by atoms with van der Waals surface area (Å²) in [5.74, 6) is -0.781. The summed E-state index contributed by atoms with van der Waals surface area (Å²) >= 11 is 5.93. The normalized spacial score (nSPS) is 10.4. The number of aryl methyl sites for hydroxylation is 2. The number of hydrogen-bond acceptors (Lipinski definition) is 2. The molecule has 1 aromatic carbocycles. The molecule has 0 spiro atoms.